The van der Waals surface area contributed by atoms with E-state index in [2.05, 4.69) is 15.3 Å². The Hall–Kier alpha value is -1.85. The predicted octanol–water partition coefficient (Wildman–Crippen LogP) is 3.67. The molecule has 0 radical (unpaired) electrons. The molecule has 1 saturated carbocycles. The van der Waals surface area contributed by atoms with Gasteiger partial charge in [-0.15, -0.1) is 0 Å². The van der Waals surface area contributed by atoms with E-state index in [-0.39, 0.29) is 6.10 Å². The van der Waals surface area contributed by atoms with E-state index in [1.807, 2.05) is 24.3 Å². The second-order valence-corrected chi connectivity index (χ2v) is 6.66. The van der Waals surface area contributed by atoms with Crippen molar-refractivity contribution in [3.63, 3.8) is 0 Å². The van der Waals surface area contributed by atoms with E-state index in [1.54, 1.807) is 12.4 Å². The van der Waals surface area contributed by atoms with E-state index in [0.29, 0.717) is 29.2 Å². The molecule has 0 bridgehead atoms. The Morgan fingerprint density at radius 1 is 1.29 bits per heavy atom. The third-order valence-corrected chi connectivity index (χ3v) is 4.45. The Balaban J connectivity index is 1.52. The van der Waals surface area contributed by atoms with Crippen molar-refractivity contribution in [1.82, 2.24) is 9.97 Å². The SMILES string of the molecule is O[C@@H]1CCC[C@H](CNc2cncc(OCc3cccc(Cl)c3)n2)C1. The molecule has 2 aromatic rings. The highest BCUT2D eigenvalue weighted by Crippen LogP contribution is 2.24. The molecule has 0 saturated heterocycles. The summed E-state index contributed by atoms with van der Waals surface area (Å²) in [4.78, 5) is 8.59. The van der Waals surface area contributed by atoms with Crippen molar-refractivity contribution in [3.8, 4) is 5.88 Å². The number of aromatic nitrogens is 2. The summed E-state index contributed by atoms with van der Waals surface area (Å²) >= 11 is 5.97. The number of aliphatic hydroxyl groups is 1. The maximum Gasteiger partial charge on any atom is 0.234 e. The van der Waals surface area contributed by atoms with Crippen LogP contribution in [0.4, 0.5) is 5.82 Å². The highest BCUT2D eigenvalue weighted by Gasteiger charge is 2.19. The van der Waals surface area contributed by atoms with Crippen LogP contribution in [-0.4, -0.2) is 27.7 Å². The van der Waals surface area contributed by atoms with Gasteiger partial charge in [-0.3, -0.25) is 4.98 Å². The lowest BCUT2D eigenvalue weighted by Gasteiger charge is -2.26. The summed E-state index contributed by atoms with van der Waals surface area (Å²) < 4.78 is 5.68. The molecule has 1 aromatic carbocycles. The Morgan fingerprint density at radius 3 is 3.04 bits per heavy atom. The third kappa shape index (κ3) is 5.08. The first-order chi connectivity index (χ1) is 11.7. The van der Waals surface area contributed by atoms with E-state index >= 15 is 0 Å². The maximum absolute atomic E-state index is 9.73. The summed E-state index contributed by atoms with van der Waals surface area (Å²) in [6.45, 7) is 1.19. The first kappa shape index (κ1) is 17.0. The lowest BCUT2D eigenvalue weighted by Crippen LogP contribution is -2.25. The van der Waals surface area contributed by atoms with Crippen molar-refractivity contribution >= 4 is 17.4 Å². The molecule has 2 N–H and O–H groups in total. The van der Waals surface area contributed by atoms with E-state index in [0.717, 1.165) is 37.8 Å². The Morgan fingerprint density at radius 2 is 2.21 bits per heavy atom. The smallest absolute Gasteiger partial charge is 0.234 e. The van der Waals surface area contributed by atoms with Crippen LogP contribution in [0.15, 0.2) is 36.7 Å². The van der Waals surface area contributed by atoms with E-state index in [4.69, 9.17) is 16.3 Å². The molecule has 3 rings (SSSR count). The van der Waals surface area contributed by atoms with E-state index in [1.165, 1.54) is 0 Å². The van der Waals surface area contributed by atoms with Crippen LogP contribution in [0, 0.1) is 5.92 Å². The second-order valence-electron chi connectivity index (χ2n) is 6.23. The van der Waals surface area contributed by atoms with Gasteiger partial charge in [-0.25, -0.2) is 0 Å². The largest absolute Gasteiger partial charge is 0.472 e. The van der Waals surface area contributed by atoms with Crippen LogP contribution in [0.5, 0.6) is 5.88 Å². The number of nitrogens with one attached hydrogen (secondary N) is 1. The monoisotopic (exact) mass is 347 g/mol. The zero-order valence-electron chi connectivity index (χ0n) is 13.5. The summed E-state index contributed by atoms with van der Waals surface area (Å²) in [6.07, 6.45) is 7.12. The molecule has 1 aliphatic rings. The Kier molecular flexibility index (Phi) is 5.88. The fourth-order valence-electron chi connectivity index (χ4n) is 2.98. The number of rotatable bonds is 6. The summed E-state index contributed by atoms with van der Waals surface area (Å²) in [5, 5.41) is 13.7. The number of aliphatic hydroxyl groups excluding tert-OH is 1. The number of hydrogen-bond donors (Lipinski definition) is 2. The van der Waals surface area contributed by atoms with Crippen LogP contribution >= 0.6 is 11.6 Å². The molecule has 5 nitrogen and oxygen atoms in total. The molecule has 0 spiro atoms. The summed E-state index contributed by atoms with van der Waals surface area (Å²) in [7, 11) is 0. The van der Waals surface area contributed by atoms with Gasteiger partial charge in [-0.1, -0.05) is 30.2 Å². The van der Waals surface area contributed by atoms with Crippen molar-refractivity contribution in [2.75, 3.05) is 11.9 Å². The highest BCUT2D eigenvalue weighted by atomic mass is 35.5. The molecule has 128 valence electrons. The quantitative estimate of drug-likeness (QED) is 0.834. The number of benzene rings is 1. The Bertz CT molecular complexity index is 668. The van der Waals surface area contributed by atoms with Crippen molar-refractivity contribution in [1.29, 1.82) is 0 Å². The van der Waals surface area contributed by atoms with Crippen LogP contribution < -0.4 is 10.1 Å². The molecule has 0 unspecified atom stereocenters. The van der Waals surface area contributed by atoms with Gasteiger partial charge < -0.3 is 15.2 Å². The van der Waals surface area contributed by atoms with Crippen molar-refractivity contribution < 1.29 is 9.84 Å². The number of anilines is 1. The lowest BCUT2D eigenvalue weighted by atomic mass is 9.87. The average Bonchev–Trinajstić information content (AvgIpc) is 2.59. The van der Waals surface area contributed by atoms with E-state index < -0.39 is 0 Å². The van der Waals surface area contributed by atoms with Gasteiger partial charge in [-0.2, -0.15) is 4.98 Å². The van der Waals surface area contributed by atoms with Crippen molar-refractivity contribution in [3.05, 3.63) is 47.2 Å². The predicted molar refractivity (Wildman–Crippen MR) is 94.3 cm³/mol. The Labute approximate surface area is 147 Å². The topological polar surface area (TPSA) is 67.3 Å². The average molecular weight is 348 g/mol. The standard InChI is InChI=1S/C18H22ClN3O2/c19-15-5-1-4-14(7-15)12-24-18-11-20-10-17(22-18)21-9-13-3-2-6-16(23)8-13/h1,4-5,7,10-11,13,16,23H,2-3,6,8-9,12H2,(H,21,22)/t13-,16+/m0/s1. The molecule has 1 aromatic heterocycles. The summed E-state index contributed by atoms with van der Waals surface area (Å²) in [5.74, 6) is 1.65. The third-order valence-electron chi connectivity index (χ3n) is 4.22. The molecule has 1 fully saturated rings. The van der Waals surface area contributed by atoms with Crippen LogP contribution in [0.1, 0.15) is 31.2 Å². The van der Waals surface area contributed by atoms with Gasteiger partial charge in [0.2, 0.25) is 5.88 Å². The molecule has 6 heteroatoms. The van der Waals surface area contributed by atoms with Crippen LogP contribution in [0.2, 0.25) is 5.02 Å². The zero-order valence-corrected chi connectivity index (χ0v) is 14.2. The highest BCUT2D eigenvalue weighted by molar-refractivity contribution is 6.30. The lowest BCUT2D eigenvalue weighted by molar-refractivity contribution is 0.104. The van der Waals surface area contributed by atoms with Crippen LogP contribution in [-0.2, 0) is 6.61 Å². The summed E-state index contributed by atoms with van der Waals surface area (Å²) in [5.41, 5.74) is 0.985. The molecule has 1 aliphatic carbocycles. The number of halogens is 1. The molecule has 0 aliphatic heterocycles. The first-order valence-corrected chi connectivity index (χ1v) is 8.68. The molecular weight excluding hydrogens is 326 g/mol. The van der Waals surface area contributed by atoms with E-state index in [9.17, 15) is 5.11 Å². The maximum atomic E-state index is 9.73. The molecule has 0 amide bonds. The minimum Gasteiger partial charge on any atom is -0.472 e. The van der Waals surface area contributed by atoms with Gasteiger partial charge in [0.05, 0.1) is 18.5 Å². The summed E-state index contributed by atoms with van der Waals surface area (Å²) in [6, 6.07) is 7.54. The van der Waals surface area contributed by atoms with Crippen molar-refractivity contribution in [2.24, 2.45) is 5.92 Å². The fraction of sp³-hybridized carbons (Fsp3) is 0.444. The molecule has 24 heavy (non-hydrogen) atoms. The fourth-order valence-corrected chi connectivity index (χ4v) is 3.20. The van der Waals surface area contributed by atoms with Gasteiger partial charge in [0.25, 0.3) is 0 Å². The second kappa shape index (κ2) is 8.31. The minimum atomic E-state index is -0.163. The number of nitrogens with zero attached hydrogens (tertiary/aromatic N) is 2. The van der Waals surface area contributed by atoms with Crippen molar-refractivity contribution in [2.45, 2.75) is 38.4 Å². The van der Waals surface area contributed by atoms with Gasteiger partial charge in [0.1, 0.15) is 12.4 Å². The molecular formula is C18H22ClN3O2. The molecule has 2 atom stereocenters. The minimum absolute atomic E-state index is 0.163. The number of hydrogen-bond acceptors (Lipinski definition) is 5. The van der Waals surface area contributed by atoms with Gasteiger partial charge >= 0.3 is 0 Å². The number of ether oxygens (including phenoxy) is 1. The van der Waals surface area contributed by atoms with Gasteiger partial charge in [0, 0.05) is 11.6 Å². The van der Waals surface area contributed by atoms with Crippen LogP contribution in [0.3, 0.4) is 0 Å². The zero-order chi connectivity index (χ0) is 16.8. The van der Waals surface area contributed by atoms with Gasteiger partial charge in [0.15, 0.2) is 0 Å². The molecule has 1 heterocycles. The first-order valence-electron chi connectivity index (χ1n) is 8.30. The normalized spacial score (nSPS) is 20.6. The van der Waals surface area contributed by atoms with Crippen LogP contribution in [0.25, 0.3) is 0 Å². The van der Waals surface area contributed by atoms with Gasteiger partial charge in [-0.05, 0) is 42.9 Å².